The van der Waals surface area contributed by atoms with E-state index in [0.29, 0.717) is 0 Å². The average molecular weight is 282 g/mol. The summed E-state index contributed by atoms with van der Waals surface area (Å²) in [4.78, 5) is 7.18. The van der Waals surface area contributed by atoms with Gasteiger partial charge in [-0.15, -0.1) is 22.7 Å². The molecule has 0 fully saturated rings. The van der Waals surface area contributed by atoms with Gasteiger partial charge in [-0.25, -0.2) is 4.98 Å². The van der Waals surface area contributed by atoms with Crippen molar-refractivity contribution in [2.24, 2.45) is 5.73 Å². The number of thiazole rings is 1. The molecular weight excluding hydrogens is 268 g/mol. The third kappa shape index (κ3) is 2.57. The second kappa shape index (κ2) is 5.10. The number of thioether (sulfide) groups is 1. The van der Waals surface area contributed by atoms with Gasteiger partial charge in [-0.05, 0) is 23.8 Å². The quantitative estimate of drug-likeness (QED) is 0.939. The maximum absolute atomic E-state index is 6.27. The van der Waals surface area contributed by atoms with Crippen LogP contribution in [0.3, 0.4) is 0 Å². The van der Waals surface area contributed by atoms with Gasteiger partial charge >= 0.3 is 0 Å². The predicted molar refractivity (Wildman–Crippen MR) is 76.9 cm³/mol. The summed E-state index contributed by atoms with van der Waals surface area (Å²) in [6, 6.07) is 2.42. The number of aryl methyl sites for hydroxylation is 1. The van der Waals surface area contributed by atoms with Gasteiger partial charge in [0.2, 0.25) is 0 Å². The van der Waals surface area contributed by atoms with Crippen LogP contribution in [0.5, 0.6) is 0 Å². The van der Waals surface area contributed by atoms with Crippen LogP contribution < -0.4 is 5.73 Å². The molecule has 5 heteroatoms. The molecule has 0 radical (unpaired) electrons. The van der Waals surface area contributed by atoms with Gasteiger partial charge < -0.3 is 5.73 Å². The van der Waals surface area contributed by atoms with Gasteiger partial charge in [0, 0.05) is 39.5 Å². The molecule has 2 aromatic rings. The molecule has 0 aromatic carbocycles. The lowest BCUT2D eigenvalue weighted by Crippen LogP contribution is -2.11. The van der Waals surface area contributed by atoms with Crippen LogP contribution in [0.2, 0.25) is 0 Å². The molecular formula is C12H14N2S3. The van der Waals surface area contributed by atoms with Crippen LogP contribution >= 0.6 is 34.4 Å². The van der Waals surface area contributed by atoms with Crippen LogP contribution in [-0.2, 0) is 18.6 Å². The number of rotatable bonds is 3. The molecule has 3 rings (SSSR count). The number of thiophene rings is 1. The molecule has 90 valence electrons. The van der Waals surface area contributed by atoms with E-state index in [2.05, 4.69) is 11.1 Å². The Hall–Kier alpha value is -0.360. The molecule has 0 aliphatic carbocycles. The Balaban J connectivity index is 1.77. The SMILES string of the molecule is NC(Cc1nccs1)c1cc2c(s1)CCSC2. The van der Waals surface area contributed by atoms with Crippen molar-refractivity contribution in [1.82, 2.24) is 4.98 Å². The third-order valence-corrected chi connectivity index (χ3v) is 6.07. The number of hydrogen-bond donors (Lipinski definition) is 1. The molecule has 2 nitrogen and oxygen atoms in total. The number of hydrogen-bond acceptors (Lipinski definition) is 5. The van der Waals surface area contributed by atoms with Gasteiger partial charge in [0.15, 0.2) is 0 Å². The molecule has 0 spiro atoms. The van der Waals surface area contributed by atoms with E-state index in [-0.39, 0.29) is 6.04 Å². The maximum atomic E-state index is 6.27. The summed E-state index contributed by atoms with van der Waals surface area (Å²) in [7, 11) is 0. The highest BCUT2D eigenvalue weighted by Gasteiger charge is 2.17. The second-order valence-electron chi connectivity index (χ2n) is 4.14. The molecule has 2 aromatic heterocycles. The standard InChI is InChI=1S/C12H14N2S3/c13-9(6-12-14-2-4-16-12)11-5-8-7-15-3-1-10(8)17-11/h2,4-5,9H,1,3,6-7,13H2. The molecule has 1 aliphatic heterocycles. The number of nitrogens with zero attached hydrogens (tertiary/aromatic N) is 1. The Labute approximate surface area is 113 Å². The zero-order valence-corrected chi connectivity index (χ0v) is 11.8. The number of aromatic nitrogens is 1. The highest BCUT2D eigenvalue weighted by atomic mass is 32.2. The van der Waals surface area contributed by atoms with Crippen molar-refractivity contribution < 1.29 is 0 Å². The van der Waals surface area contributed by atoms with Crippen LogP contribution in [0.4, 0.5) is 0 Å². The average Bonchev–Trinajstić information content (AvgIpc) is 2.96. The molecule has 0 bridgehead atoms. The first-order valence-electron chi connectivity index (χ1n) is 5.66. The number of fused-ring (bicyclic) bond motifs is 1. The van der Waals surface area contributed by atoms with Gasteiger partial charge in [0.05, 0.1) is 5.01 Å². The molecule has 0 saturated heterocycles. The maximum Gasteiger partial charge on any atom is 0.0944 e. The molecule has 2 N–H and O–H groups in total. The Morgan fingerprint density at radius 2 is 2.41 bits per heavy atom. The molecule has 1 atom stereocenters. The van der Waals surface area contributed by atoms with Crippen LogP contribution in [-0.4, -0.2) is 10.7 Å². The van der Waals surface area contributed by atoms with Crippen molar-refractivity contribution in [3.8, 4) is 0 Å². The minimum atomic E-state index is 0.113. The fourth-order valence-electron chi connectivity index (χ4n) is 2.00. The Morgan fingerprint density at radius 3 is 3.18 bits per heavy atom. The van der Waals surface area contributed by atoms with Crippen molar-refractivity contribution >= 4 is 34.4 Å². The zero-order valence-electron chi connectivity index (χ0n) is 9.39. The third-order valence-electron chi connectivity index (χ3n) is 2.89. The van der Waals surface area contributed by atoms with E-state index in [1.165, 1.54) is 22.6 Å². The smallest absolute Gasteiger partial charge is 0.0944 e. The highest BCUT2D eigenvalue weighted by Crippen LogP contribution is 2.34. The van der Waals surface area contributed by atoms with Crippen LogP contribution in [0, 0.1) is 0 Å². The minimum Gasteiger partial charge on any atom is -0.323 e. The van der Waals surface area contributed by atoms with E-state index in [0.717, 1.165) is 17.2 Å². The summed E-state index contributed by atoms with van der Waals surface area (Å²) >= 11 is 5.62. The largest absolute Gasteiger partial charge is 0.323 e. The number of nitrogens with two attached hydrogens (primary N) is 1. The Morgan fingerprint density at radius 1 is 1.47 bits per heavy atom. The first kappa shape index (κ1) is 11.7. The van der Waals surface area contributed by atoms with E-state index in [4.69, 9.17) is 5.73 Å². The van der Waals surface area contributed by atoms with Gasteiger partial charge in [0.25, 0.3) is 0 Å². The van der Waals surface area contributed by atoms with Crippen molar-refractivity contribution in [2.75, 3.05) is 5.75 Å². The van der Waals surface area contributed by atoms with Gasteiger partial charge in [-0.3, -0.25) is 0 Å². The van der Waals surface area contributed by atoms with E-state index < -0.39 is 0 Å². The summed E-state index contributed by atoms with van der Waals surface area (Å²) < 4.78 is 0. The highest BCUT2D eigenvalue weighted by molar-refractivity contribution is 7.98. The lowest BCUT2D eigenvalue weighted by molar-refractivity contribution is 0.732. The first-order valence-corrected chi connectivity index (χ1v) is 8.51. The normalized spacial score (nSPS) is 16.8. The van der Waals surface area contributed by atoms with Gasteiger partial charge in [-0.2, -0.15) is 11.8 Å². The van der Waals surface area contributed by atoms with Crippen molar-refractivity contribution in [1.29, 1.82) is 0 Å². The molecule has 3 heterocycles. The van der Waals surface area contributed by atoms with E-state index >= 15 is 0 Å². The molecule has 0 saturated carbocycles. The van der Waals surface area contributed by atoms with Crippen molar-refractivity contribution in [2.45, 2.75) is 24.6 Å². The van der Waals surface area contributed by atoms with Crippen LogP contribution in [0.1, 0.15) is 26.4 Å². The van der Waals surface area contributed by atoms with Crippen molar-refractivity contribution in [3.05, 3.63) is 38.0 Å². The van der Waals surface area contributed by atoms with E-state index in [1.54, 1.807) is 16.2 Å². The van der Waals surface area contributed by atoms with E-state index in [9.17, 15) is 0 Å². The summed E-state index contributed by atoms with van der Waals surface area (Å²) in [6.07, 6.45) is 3.93. The lowest BCUT2D eigenvalue weighted by atomic mass is 10.1. The minimum absolute atomic E-state index is 0.113. The molecule has 0 amide bonds. The van der Waals surface area contributed by atoms with Gasteiger partial charge in [0.1, 0.15) is 0 Å². The van der Waals surface area contributed by atoms with Gasteiger partial charge in [-0.1, -0.05) is 0 Å². The summed E-state index contributed by atoms with van der Waals surface area (Å²) in [6.45, 7) is 0. The summed E-state index contributed by atoms with van der Waals surface area (Å²) in [5.74, 6) is 2.42. The monoisotopic (exact) mass is 282 g/mol. The van der Waals surface area contributed by atoms with Crippen LogP contribution in [0.25, 0.3) is 0 Å². The van der Waals surface area contributed by atoms with Crippen LogP contribution in [0.15, 0.2) is 17.6 Å². The summed E-state index contributed by atoms with van der Waals surface area (Å²) in [5, 5.41) is 3.15. The topological polar surface area (TPSA) is 38.9 Å². The van der Waals surface area contributed by atoms with Crippen molar-refractivity contribution in [3.63, 3.8) is 0 Å². The molecule has 1 unspecified atom stereocenters. The summed E-state index contributed by atoms with van der Waals surface area (Å²) in [5.41, 5.74) is 7.78. The second-order valence-corrected chi connectivity index (χ2v) is 7.39. The van der Waals surface area contributed by atoms with E-state index in [1.807, 2.05) is 34.7 Å². The lowest BCUT2D eigenvalue weighted by Gasteiger charge is -2.08. The zero-order chi connectivity index (χ0) is 11.7. The molecule has 17 heavy (non-hydrogen) atoms. The fourth-order valence-corrected chi connectivity index (χ4v) is 5.05. The first-order chi connectivity index (χ1) is 8.33. The predicted octanol–water partition coefficient (Wildman–Crippen LogP) is 3.24. The molecule has 1 aliphatic rings. The fraction of sp³-hybridized carbons (Fsp3) is 0.417. The Bertz CT molecular complexity index is 466. The Kier molecular flexibility index (Phi) is 3.51.